The monoisotopic (exact) mass is 430 g/mol. The maximum Gasteiger partial charge on any atom is 0.214 e. The van der Waals surface area contributed by atoms with Crippen LogP contribution in [0.4, 0.5) is 0 Å². The van der Waals surface area contributed by atoms with Gasteiger partial charge in [0, 0.05) is 11.3 Å². The molecule has 1 unspecified atom stereocenters. The molecule has 0 saturated heterocycles. The third kappa shape index (κ3) is 5.28. The molecule has 3 rings (SSSR count). The lowest BCUT2D eigenvalue weighted by Gasteiger charge is -2.14. The Labute approximate surface area is 178 Å². The smallest absolute Gasteiger partial charge is 0.214 e. The van der Waals surface area contributed by atoms with Gasteiger partial charge in [-0.25, -0.2) is 0 Å². The molecular weight excluding hydrogens is 408 g/mol. The van der Waals surface area contributed by atoms with Crippen molar-refractivity contribution in [2.75, 3.05) is 26.6 Å². The topological polar surface area (TPSA) is 109 Å². The largest absolute Gasteiger partial charge is 0.497 e. The summed E-state index contributed by atoms with van der Waals surface area (Å²) in [6.45, 7) is 1.53. The van der Waals surface area contributed by atoms with Gasteiger partial charge in [-0.2, -0.15) is 4.68 Å². The summed E-state index contributed by atoms with van der Waals surface area (Å²) in [5, 5.41) is 22.6. The van der Waals surface area contributed by atoms with Crippen LogP contribution in [0.15, 0.2) is 47.6 Å². The van der Waals surface area contributed by atoms with E-state index < -0.39 is 6.10 Å². The second-order valence-electron chi connectivity index (χ2n) is 6.27. The minimum atomic E-state index is -0.770. The van der Waals surface area contributed by atoms with E-state index in [1.165, 1.54) is 25.8 Å². The van der Waals surface area contributed by atoms with Crippen LogP contribution >= 0.6 is 11.8 Å². The van der Waals surface area contributed by atoms with E-state index in [0.29, 0.717) is 28.0 Å². The second kappa shape index (κ2) is 10.1. The molecule has 0 aliphatic carbocycles. The molecule has 0 spiro atoms. The molecule has 0 aliphatic rings. The van der Waals surface area contributed by atoms with Gasteiger partial charge in [0.2, 0.25) is 5.16 Å². The number of aliphatic hydroxyl groups is 1. The molecule has 0 fully saturated rings. The Morgan fingerprint density at radius 3 is 2.57 bits per heavy atom. The van der Waals surface area contributed by atoms with Crippen molar-refractivity contribution < 1.29 is 24.1 Å². The van der Waals surface area contributed by atoms with E-state index in [2.05, 4.69) is 15.5 Å². The van der Waals surface area contributed by atoms with Gasteiger partial charge in [-0.15, -0.1) is 5.10 Å². The summed E-state index contributed by atoms with van der Waals surface area (Å²) >= 11 is 1.31. The van der Waals surface area contributed by atoms with Crippen LogP contribution in [0, 0.1) is 0 Å². The van der Waals surface area contributed by atoms with Gasteiger partial charge < -0.3 is 19.3 Å². The van der Waals surface area contributed by atoms with Crippen LogP contribution < -0.4 is 14.2 Å². The average molecular weight is 430 g/mol. The number of hydrogen-bond donors (Lipinski definition) is 1. The van der Waals surface area contributed by atoms with Gasteiger partial charge in [-0.3, -0.25) is 4.79 Å². The van der Waals surface area contributed by atoms with Crippen molar-refractivity contribution in [3.8, 4) is 22.9 Å². The highest BCUT2D eigenvalue weighted by atomic mass is 32.2. The number of benzene rings is 2. The van der Waals surface area contributed by atoms with Crippen molar-refractivity contribution >= 4 is 17.5 Å². The number of Topliss-reactive ketones (excluding diaryl/α,β-unsaturated/α-hetero) is 1. The highest BCUT2D eigenvalue weighted by molar-refractivity contribution is 7.99. The minimum Gasteiger partial charge on any atom is -0.497 e. The fraction of sp³-hybridized carbons (Fsp3) is 0.300. The van der Waals surface area contributed by atoms with Crippen LogP contribution in [0.1, 0.15) is 17.3 Å². The maximum atomic E-state index is 11.5. The first-order chi connectivity index (χ1) is 14.5. The zero-order valence-electron chi connectivity index (χ0n) is 16.8. The minimum absolute atomic E-state index is 0.0485. The van der Waals surface area contributed by atoms with Crippen LogP contribution in [0.5, 0.6) is 17.2 Å². The van der Waals surface area contributed by atoms with Crippen molar-refractivity contribution in [1.82, 2.24) is 20.2 Å². The fourth-order valence-electron chi connectivity index (χ4n) is 2.57. The molecule has 30 heavy (non-hydrogen) atoms. The fourth-order valence-corrected chi connectivity index (χ4v) is 3.36. The first kappa shape index (κ1) is 21.6. The Hall–Kier alpha value is -3.11. The number of methoxy groups -OCH3 is 2. The van der Waals surface area contributed by atoms with E-state index in [4.69, 9.17) is 14.2 Å². The van der Waals surface area contributed by atoms with Crippen LogP contribution in [0.25, 0.3) is 5.69 Å². The van der Waals surface area contributed by atoms with Crippen molar-refractivity contribution in [1.29, 1.82) is 0 Å². The van der Waals surface area contributed by atoms with Gasteiger partial charge in [0.1, 0.15) is 12.4 Å². The van der Waals surface area contributed by atoms with Crippen LogP contribution in [-0.4, -0.2) is 63.8 Å². The quantitative estimate of drug-likeness (QED) is 0.383. The lowest BCUT2D eigenvalue weighted by molar-refractivity contribution is 0.101. The number of aliphatic hydroxyl groups excluding tert-OH is 1. The van der Waals surface area contributed by atoms with Gasteiger partial charge in [-0.05, 0) is 59.8 Å². The number of carbonyl (C=O) groups is 1. The van der Waals surface area contributed by atoms with Crippen molar-refractivity contribution in [3.63, 3.8) is 0 Å². The molecule has 1 aromatic heterocycles. The summed E-state index contributed by atoms with van der Waals surface area (Å²) in [4.78, 5) is 11.5. The predicted molar refractivity (Wildman–Crippen MR) is 111 cm³/mol. The zero-order valence-corrected chi connectivity index (χ0v) is 17.6. The molecule has 1 heterocycles. The number of tetrazole rings is 1. The standard InChI is InChI=1S/C20H22N4O5S/c1-13(25)14-4-9-18(19(10-14)28-3)29-11-16(26)12-30-20-21-22-23-24(20)15-5-7-17(27-2)8-6-15/h4-10,16,26H,11-12H2,1-3H3. The molecule has 0 amide bonds. The number of carbonyl (C=O) groups excluding carboxylic acids is 1. The maximum absolute atomic E-state index is 11.5. The summed E-state index contributed by atoms with van der Waals surface area (Å²) < 4.78 is 17.7. The molecule has 1 N–H and O–H groups in total. The molecule has 1 atom stereocenters. The highest BCUT2D eigenvalue weighted by Crippen LogP contribution is 2.29. The van der Waals surface area contributed by atoms with E-state index >= 15 is 0 Å². The van der Waals surface area contributed by atoms with Crippen LogP contribution in [-0.2, 0) is 0 Å². The Kier molecular flexibility index (Phi) is 7.26. The molecule has 0 bridgehead atoms. The first-order valence-electron chi connectivity index (χ1n) is 9.07. The van der Waals surface area contributed by atoms with E-state index in [0.717, 1.165) is 11.4 Å². The van der Waals surface area contributed by atoms with E-state index in [9.17, 15) is 9.90 Å². The summed E-state index contributed by atoms with van der Waals surface area (Å²) in [6.07, 6.45) is -0.770. The summed E-state index contributed by atoms with van der Waals surface area (Å²) in [5.74, 6) is 1.89. The number of aromatic nitrogens is 4. The highest BCUT2D eigenvalue weighted by Gasteiger charge is 2.15. The average Bonchev–Trinajstić information content (AvgIpc) is 3.24. The normalized spacial score (nSPS) is 11.7. The molecule has 0 aliphatic heterocycles. The van der Waals surface area contributed by atoms with Gasteiger partial charge >= 0.3 is 0 Å². The SMILES string of the molecule is COc1ccc(-n2nnnc2SCC(O)COc2ccc(C(C)=O)cc2OC)cc1. The molecule has 0 radical (unpaired) electrons. The van der Waals surface area contributed by atoms with Gasteiger partial charge in [0.05, 0.1) is 26.0 Å². The second-order valence-corrected chi connectivity index (χ2v) is 7.26. The van der Waals surface area contributed by atoms with Crippen molar-refractivity contribution in [2.24, 2.45) is 0 Å². The van der Waals surface area contributed by atoms with E-state index in [-0.39, 0.29) is 12.4 Å². The number of nitrogens with zero attached hydrogens (tertiary/aromatic N) is 4. The van der Waals surface area contributed by atoms with Crippen molar-refractivity contribution in [2.45, 2.75) is 18.2 Å². The number of hydrogen-bond acceptors (Lipinski definition) is 9. The third-order valence-electron chi connectivity index (χ3n) is 4.16. The number of rotatable bonds is 10. The molecule has 10 heteroatoms. The lowest BCUT2D eigenvalue weighted by Crippen LogP contribution is -2.20. The summed E-state index contributed by atoms with van der Waals surface area (Å²) in [7, 11) is 3.10. The van der Waals surface area contributed by atoms with Crippen LogP contribution in [0.2, 0.25) is 0 Å². The van der Waals surface area contributed by atoms with E-state index in [1.54, 1.807) is 30.0 Å². The Bertz CT molecular complexity index is 993. The van der Waals surface area contributed by atoms with Gasteiger partial charge in [-0.1, -0.05) is 11.8 Å². The lowest BCUT2D eigenvalue weighted by atomic mass is 10.1. The molecule has 0 saturated carbocycles. The molecule has 3 aromatic rings. The van der Waals surface area contributed by atoms with E-state index in [1.807, 2.05) is 24.3 Å². The number of thioether (sulfide) groups is 1. The molecular formula is C20H22N4O5S. The Morgan fingerprint density at radius 2 is 1.90 bits per heavy atom. The molecule has 2 aromatic carbocycles. The van der Waals surface area contributed by atoms with Crippen molar-refractivity contribution in [3.05, 3.63) is 48.0 Å². The predicted octanol–water partition coefficient (Wildman–Crippen LogP) is 2.41. The number of ether oxygens (including phenoxy) is 3. The summed E-state index contributed by atoms with van der Waals surface area (Å²) in [5.41, 5.74) is 1.31. The summed E-state index contributed by atoms with van der Waals surface area (Å²) in [6, 6.07) is 12.2. The van der Waals surface area contributed by atoms with Gasteiger partial charge in [0.15, 0.2) is 17.3 Å². The number of ketones is 1. The Balaban J connectivity index is 1.57. The van der Waals surface area contributed by atoms with Gasteiger partial charge in [0.25, 0.3) is 0 Å². The first-order valence-corrected chi connectivity index (χ1v) is 10.1. The third-order valence-corrected chi connectivity index (χ3v) is 5.23. The Morgan fingerprint density at radius 1 is 1.13 bits per heavy atom. The van der Waals surface area contributed by atoms with Crippen LogP contribution in [0.3, 0.4) is 0 Å². The molecule has 158 valence electrons. The zero-order chi connectivity index (χ0) is 21.5. The molecule has 9 nitrogen and oxygen atoms in total.